The highest BCUT2D eigenvalue weighted by atomic mass is 32.1. The Morgan fingerprint density at radius 3 is 2.42 bits per heavy atom. The largest absolute Gasteiger partial charge is 0.480 e. The number of amides is 3. The SMILES string of the molecule is NC(Cc1ccccc1)C(=O)NC(CS)C(=O)N1CCCC1C(=O)NC(CO)C(=O)O. The minimum absolute atomic E-state index is 0.00185. The van der Waals surface area contributed by atoms with Gasteiger partial charge in [0.05, 0.1) is 12.6 Å². The Hall–Kier alpha value is -2.63. The highest BCUT2D eigenvalue weighted by Crippen LogP contribution is 2.19. The summed E-state index contributed by atoms with van der Waals surface area (Å²) in [7, 11) is 0. The summed E-state index contributed by atoms with van der Waals surface area (Å²) in [6.45, 7) is -0.486. The van der Waals surface area contributed by atoms with Crippen molar-refractivity contribution in [3.8, 4) is 0 Å². The number of aliphatic hydroxyl groups is 1. The number of nitrogens with zero attached hydrogens (tertiary/aromatic N) is 1. The van der Waals surface area contributed by atoms with Crippen molar-refractivity contribution in [2.24, 2.45) is 5.73 Å². The van der Waals surface area contributed by atoms with Gasteiger partial charge in [0.1, 0.15) is 18.1 Å². The minimum atomic E-state index is -1.46. The van der Waals surface area contributed by atoms with Gasteiger partial charge < -0.3 is 31.5 Å². The van der Waals surface area contributed by atoms with Gasteiger partial charge in [0, 0.05) is 12.3 Å². The van der Waals surface area contributed by atoms with Crippen LogP contribution in [-0.2, 0) is 25.6 Å². The van der Waals surface area contributed by atoms with E-state index in [2.05, 4.69) is 23.3 Å². The zero-order chi connectivity index (χ0) is 23.0. The summed E-state index contributed by atoms with van der Waals surface area (Å²) < 4.78 is 0. The van der Waals surface area contributed by atoms with Crippen LogP contribution in [0.25, 0.3) is 0 Å². The van der Waals surface area contributed by atoms with Crippen LogP contribution >= 0.6 is 12.6 Å². The Bertz CT molecular complexity index is 793. The molecule has 0 saturated carbocycles. The third kappa shape index (κ3) is 6.68. The lowest BCUT2D eigenvalue weighted by atomic mass is 10.1. The monoisotopic (exact) mass is 452 g/mol. The van der Waals surface area contributed by atoms with Crippen LogP contribution in [0.5, 0.6) is 0 Å². The van der Waals surface area contributed by atoms with E-state index in [9.17, 15) is 19.2 Å². The number of rotatable bonds is 10. The van der Waals surface area contributed by atoms with Crippen LogP contribution in [0, 0.1) is 0 Å². The summed E-state index contributed by atoms with van der Waals surface area (Å²) in [6.07, 6.45) is 1.18. The van der Waals surface area contributed by atoms with E-state index in [4.69, 9.17) is 15.9 Å². The molecular formula is C20H28N4O6S. The Morgan fingerprint density at radius 2 is 1.84 bits per heavy atom. The first-order valence-corrected chi connectivity index (χ1v) is 10.6. The molecule has 0 radical (unpaired) electrons. The van der Waals surface area contributed by atoms with E-state index in [0.717, 1.165) is 5.56 Å². The molecule has 1 saturated heterocycles. The first-order chi connectivity index (χ1) is 14.8. The molecule has 0 aliphatic carbocycles. The molecule has 2 rings (SSSR count). The van der Waals surface area contributed by atoms with Crippen molar-refractivity contribution in [3.05, 3.63) is 35.9 Å². The number of aliphatic carboxylic acids is 1. The Balaban J connectivity index is 2.00. The van der Waals surface area contributed by atoms with E-state index >= 15 is 0 Å². The first kappa shape index (κ1) is 24.6. The fourth-order valence-electron chi connectivity index (χ4n) is 3.38. The molecule has 170 valence electrons. The van der Waals surface area contributed by atoms with Crippen LogP contribution in [-0.4, -0.2) is 81.9 Å². The number of hydrogen-bond donors (Lipinski definition) is 6. The summed E-state index contributed by atoms with van der Waals surface area (Å²) in [4.78, 5) is 50.3. The number of carboxylic acids is 1. The molecular weight excluding hydrogens is 424 g/mol. The number of hydrogen-bond acceptors (Lipinski definition) is 7. The maximum absolute atomic E-state index is 13.0. The summed E-state index contributed by atoms with van der Waals surface area (Å²) in [5.74, 6) is -3.05. The van der Waals surface area contributed by atoms with E-state index in [0.29, 0.717) is 19.3 Å². The minimum Gasteiger partial charge on any atom is -0.480 e. The van der Waals surface area contributed by atoms with Crippen molar-refractivity contribution in [1.29, 1.82) is 0 Å². The molecule has 0 bridgehead atoms. The third-order valence-corrected chi connectivity index (χ3v) is 5.43. The molecule has 10 nitrogen and oxygen atoms in total. The number of benzene rings is 1. The highest BCUT2D eigenvalue weighted by Gasteiger charge is 2.38. The number of carboxylic acid groups (broad SMARTS) is 1. The number of likely N-dealkylation sites (tertiary alicyclic amines) is 1. The second-order valence-electron chi connectivity index (χ2n) is 7.31. The average molecular weight is 453 g/mol. The standard InChI is InChI=1S/C20H28N4O6S/c21-13(9-12-5-2-1-3-6-12)17(26)23-15(11-31)19(28)24-8-4-7-16(24)18(27)22-14(10-25)20(29)30/h1-3,5-6,13-16,25,31H,4,7-11,21H2,(H,22,27)(H,23,26)(H,29,30). The smallest absolute Gasteiger partial charge is 0.328 e. The van der Waals surface area contributed by atoms with E-state index in [1.165, 1.54) is 4.90 Å². The Kier molecular flexibility index (Phi) is 9.28. The Morgan fingerprint density at radius 1 is 1.16 bits per heavy atom. The number of aliphatic hydroxyl groups excluding tert-OH is 1. The van der Waals surface area contributed by atoms with Crippen molar-refractivity contribution >= 4 is 36.3 Å². The lowest BCUT2D eigenvalue weighted by Crippen LogP contribution is -2.57. The van der Waals surface area contributed by atoms with Gasteiger partial charge in [-0.1, -0.05) is 30.3 Å². The summed E-state index contributed by atoms with van der Waals surface area (Å²) in [5.41, 5.74) is 6.86. The van der Waals surface area contributed by atoms with Gasteiger partial charge in [-0.25, -0.2) is 4.79 Å². The molecule has 3 amide bonds. The molecule has 4 atom stereocenters. The Labute approximate surface area is 185 Å². The molecule has 11 heteroatoms. The third-order valence-electron chi connectivity index (χ3n) is 5.07. The van der Waals surface area contributed by atoms with E-state index in [1.807, 2.05) is 30.3 Å². The molecule has 1 aromatic rings. The van der Waals surface area contributed by atoms with Gasteiger partial charge in [0.2, 0.25) is 17.7 Å². The van der Waals surface area contributed by atoms with Crippen molar-refractivity contribution < 1.29 is 29.4 Å². The molecule has 1 fully saturated rings. The van der Waals surface area contributed by atoms with Crippen LogP contribution in [0.15, 0.2) is 30.3 Å². The second kappa shape index (κ2) is 11.7. The van der Waals surface area contributed by atoms with Crippen LogP contribution < -0.4 is 16.4 Å². The molecule has 1 aromatic carbocycles. The van der Waals surface area contributed by atoms with Gasteiger partial charge >= 0.3 is 5.97 Å². The quantitative estimate of drug-likeness (QED) is 0.236. The van der Waals surface area contributed by atoms with Gasteiger partial charge in [0.15, 0.2) is 0 Å². The predicted octanol–water partition coefficient (Wildman–Crippen LogP) is -1.48. The van der Waals surface area contributed by atoms with Crippen LogP contribution in [0.2, 0.25) is 0 Å². The van der Waals surface area contributed by atoms with Crippen molar-refractivity contribution in [2.75, 3.05) is 18.9 Å². The van der Waals surface area contributed by atoms with Gasteiger partial charge in [-0.2, -0.15) is 12.6 Å². The molecule has 0 aromatic heterocycles. The summed E-state index contributed by atoms with van der Waals surface area (Å²) in [6, 6.07) is 5.02. The van der Waals surface area contributed by atoms with Gasteiger partial charge in [-0.15, -0.1) is 0 Å². The molecule has 1 aliphatic rings. The van der Waals surface area contributed by atoms with Crippen LogP contribution in [0.4, 0.5) is 0 Å². The molecule has 1 heterocycles. The van der Waals surface area contributed by atoms with E-state index in [-0.39, 0.29) is 12.3 Å². The van der Waals surface area contributed by atoms with Crippen molar-refractivity contribution in [3.63, 3.8) is 0 Å². The zero-order valence-corrected chi connectivity index (χ0v) is 17.8. The predicted molar refractivity (Wildman–Crippen MR) is 115 cm³/mol. The number of nitrogens with two attached hydrogens (primary N) is 1. The fraction of sp³-hybridized carbons (Fsp3) is 0.500. The maximum atomic E-state index is 13.0. The maximum Gasteiger partial charge on any atom is 0.328 e. The first-order valence-electron chi connectivity index (χ1n) is 9.93. The fourth-order valence-corrected chi connectivity index (χ4v) is 3.63. The normalized spacial score (nSPS) is 18.7. The van der Waals surface area contributed by atoms with Crippen molar-refractivity contribution in [2.45, 2.75) is 43.4 Å². The van der Waals surface area contributed by atoms with Gasteiger partial charge in [0.25, 0.3) is 0 Å². The van der Waals surface area contributed by atoms with Gasteiger partial charge in [-0.3, -0.25) is 14.4 Å². The zero-order valence-electron chi connectivity index (χ0n) is 16.9. The summed E-state index contributed by atoms with van der Waals surface area (Å²) >= 11 is 4.15. The highest BCUT2D eigenvalue weighted by molar-refractivity contribution is 7.80. The lowest BCUT2D eigenvalue weighted by Gasteiger charge is -2.29. The average Bonchev–Trinajstić information content (AvgIpc) is 3.25. The van der Waals surface area contributed by atoms with Gasteiger partial charge in [-0.05, 0) is 24.8 Å². The topological polar surface area (TPSA) is 162 Å². The number of carbonyl (C=O) groups excluding carboxylic acids is 3. The van der Waals surface area contributed by atoms with E-state index < -0.39 is 54.5 Å². The number of thiol groups is 1. The molecule has 1 aliphatic heterocycles. The van der Waals surface area contributed by atoms with Crippen molar-refractivity contribution in [1.82, 2.24) is 15.5 Å². The second-order valence-corrected chi connectivity index (χ2v) is 7.68. The van der Waals surface area contributed by atoms with E-state index in [1.54, 1.807) is 0 Å². The van der Waals surface area contributed by atoms with Crippen LogP contribution in [0.1, 0.15) is 18.4 Å². The summed E-state index contributed by atoms with van der Waals surface area (Å²) in [5, 5.41) is 22.9. The lowest BCUT2D eigenvalue weighted by molar-refractivity contribution is -0.145. The molecule has 4 unspecified atom stereocenters. The molecule has 0 spiro atoms. The molecule has 6 N–H and O–H groups in total. The number of carbonyl (C=O) groups is 4. The number of nitrogens with one attached hydrogen (secondary N) is 2. The van der Waals surface area contributed by atoms with Crippen LogP contribution in [0.3, 0.4) is 0 Å². The molecule has 31 heavy (non-hydrogen) atoms.